The van der Waals surface area contributed by atoms with E-state index in [1.54, 1.807) is 12.3 Å². The summed E-state index contributed by atoms with van der Waals surface area (Å²) in [7, 11) is 0. The number of hydrogen-bond acceptors (Lipinski definition) is 3. The summed E-state index contributed by atoms with van der Waals surface area (Å²) in [5.41, 5.74) is 0.988. The molecule has 1 atom stereocenters. The Labute approximate surface area is 114 Å². The molecule has 0 spiro atoms. The van der Waals surface area contributed by atoms with Gasteiger partial charge in [0.25, 0.3) is 5.56 Å². The van der Waals surface area contributed by atoms with E-state index in [0.29, 0.717) is 0 Å². The van der Waals surface area contributed by atoms with Gasteiger partial charge in [0.05, 0.1) is 6.20 Å². The van der Waals surface area contributed by atoms with Crippen LogP contribution in [0.15, 0.2) is 17.1 Å². The van der Waals surface area contributed by atoms with Gasteiger partial charge in [0.1, 0.15) is 0 Å². The summed E-state index contributed by atoms with van der Waals surface area (Å²) >= 11 is 2.34. The van der Waals surface area contributed by atoms with Crippen LogP contribution in [0.2, 0.25) is 0 Å². The van der Waals surface area contributed by atoms with Gasteiger partial charge < -0.3 is 4.74 Å². The highest BCUT2D eigenvalue weighted by Gasteiger charge is 2.17. The minimum Gasteiger partial charge on any atom is -0.356 e. The van der Waals surface area contributed by atoms with Gasteiger partial charge in [-0.25, -0.2) is 4.68 Å². The molecule has 0 saturated carbocycles. The molecule has 1 unspecified atom stereocenters. The van der Waals surface area contributed by atoms with E-state index < -0.39 is 0 Å². The third-order valence-corrected chi connectivity index (χ3v) is 3.67. The lowest BCUT2D eigenvalue weighted by Crippen LogP contribution is -2.30. The fourth-order valence-electron chi connectivity index (χ4n) is 2.00. The van der Waals surface area contributed by atoms with Crippen molar-refractivity contribution in [2.75, 3.05) is 11.0 Å². The Morgan fingerprint density at radius 1 is 1.53 bits per heavy atom. The minimum atomic E-state index is -0.158. The molecule has 0 radical (unpaired) electrons. The average molecular weight is 348 g/mol. The molecular weight excluding hydrogens is 331 g/mol. The predicted octanol–water partition coefficient (Wildman–Crippen LogP) is 2.31. The van der Waals surface area contributed by atoms with Crippen molar-refractivity contribution in [3.63, 3.8) is 0 Å². The Morgan fingerprint density at radius 2 is 2.41 bits per heavy atom. The second-order valence-corrected chi connectivity index (χ2v) is 5.34. The number of halogens is 1. The molecular formula is C12H17IN2O2. The molecule has 1 aliphatic rings. The maximum atomic E-state index is 11.9. The Kier molecular flexibility index (Phi) is 4.97. The summed E-state index contributed by atoms with van der Waals surface area (Å²) in [6.45, 7) is 0.732. The molecule has 5 heteroatoms. The van der Waals surface area contributed by atoms with E-state index in [9.17, 15) is 4.79 Å². The van der Waals surface area contributed by atoms with E-state index in [0.717, 1.165) is 48.7 Å². The van der Waals surface area contributed by atoms with Crippen molar-refractivity contribution in [3.05, 3.63) is 28.2 Å². The summed E-state index contributed by atoms with van der Waals surface area (Å²) in [4.78, 5) is 11.9. The normalized spacial score (nSPS) is 20.4. The second kappa shape index (κ2) is 6.49. The third kappa shape index (κ3) is 3.51. The van der Waals surface area contributed by atoms with Crippen molar-refractivity contribution in [1.29, 1.82) is 0 Å². The van der Waals surface area contributed by atoms with Gasteiger partial charge >= 0.3 is 0 Å². The van der Waals surface area contributed by atoms with Gasteiger partial charge in [-0.15, -0.1) is 0 Å². The van der Waals surface area contributed by atoms with E-state index in [1.807, 2.05) is 0 Å². The zero-order chi connectivity index (χ0) is 12.1. The molecule has 0 bridgehead atoms. The van der Waals surface area contributed by atoms with Gasteiger partial charge in [-0.05, 0) is 42.1 Å². The van der Waals surface area contributed by atoms with Crippen LogP contribution in [0.25, 0.3) is 0 Å². The quantitative estimate of drug-likeness (QED) is 0.620. The molecule has 0 amide bonds. The molecule has 17 heavy (non-hydrogen) atoms. The van der Waals surface area contributed by atoms with Gasteiger partial charge in [0.2, 0.25) is 0 Å². The zero-order valence-electron chi connectivity index (χ0n) is 9.77. The highest BCUT2D eigenvalue weighted by Crippen LogP contribution is 2.19. The monoisotopic (exact) mass is 348 g/mol. The standard InChI is InChI=1S/C12H17IN2O2/c13-6-3-4-10-8-11(16)15(14-9-10)12-5-1-2-7-17-12/h8-9,12H,1-7H2. The SMILES string of the molecule is O=c1cc(CCCI)cnn1C1CCCCO1. The van der Waals surface area contributed by atoms with E-state index in [1.165, 1.54) is 4.68 Å². The smallest absolute Gasteiger partial charge is 0.269 e. The van der Waals surface area contributed by atoms with Crippen molar-refractivity contribution < 1.29 is 4.74 Å². The number of alkyl halides is 1. The van der Waals surface area contributed by atoms with Crippen LogP contribution in [0.5, 0.6) is 0 Å². The molecule has 0 aromatic carbocycles. The number of aromatic nitrogens is 2. The van der Waals surface area contributed by atoms with Crippen LogP contribution in [0, 0.1) is 0 Å². The first-order valence-electron chi connectivity index (χ1n) is 6.06. The fourth-order valence-corrected chi connectivity index (χ4v) is 2.38. The van der Waals surface area contributed by atoms with Crippen molar-refractivity contribution in [2.24, 2.45) is 0 Å². The van der Waals surface area contributed by atoms with Crippen LogP contribution < -0.4 is 5.56 Å². The first kappa shape index (κ1) is 13.0. The predicted molar refractivity (Wildman–Crippen MR) is 74.5 cm³/mol. The molecule has 0 N–H and O–H groups in total. The number of nitrogens with zero attached hydrogens (tertiary/aromatic N) is 2. The third-order valence-electron chi connectivity index (χ3n) is 2.91. The topological polar surface area (TPSA) is 44.1 Å². The van der Waals surface area contributed by atoms with E-state index in [4.69, 9.17) is 4.74 Å². The van der Waals surface area contributed by atoms with E-state index >= 15 is 0 Å². The minimum absolute atomic E-state index is 0.0390. The summed E-state index contributed by atoms with van der Waals surface area (Å²) in [6, 6.07) is 1.69. The number of hydrogen-bond donors (Lipinski definition) is 0. The second-order valence-electron chi connectivity index (χ2n) is 4.26. The Balaban J connectivity index is 2.10. The van der Waals surface area contributed by atoms with E-state index in [-0.39, 0.29) is 11.8 Å². The summed E-state index contributed by atoms with van der Waals surface area (Å²) in [5, 5.41) is 4.23. The Bertz CT molecular complexity index is 413. The van der Waals surface area contributed by atoms with Crippen molar-refractivity contribution in [2.45, 2.75) is 38.3 Å². The summed E-state index contributed by atoms with van der Waals surface area (Å²) in [6.07, 6.45) is 6.73. The lowest BCUT2D eigenvalue weighted by atomic mass is 10.2. The van der Waals surface area contributed by atoms with Gasteiger partial charge in [-0.1, -0.05) is 22.6 Å². The number of ether oxygens (including phenoxy) is 1. The van der Waals surface area contributed by atoms with Crippen molar-refractivity contribution in [3.8, 4) is 0 Å². The van der Waals surface area contributed by atoms with Crippen LogP contribution in [-0.2, 0) is 11.2 Å². The summed E-state index contributed by atoms with van der Waals surface area (Å²) in [5.74, 6) is 0. The maximum Gasteiger partial charge on any atom is 0.269 e. The molecule has 2 rings (SSSR count). The molecule has 0 aliphatic carbocycles. The molecule has 94 valence electrons. The van der Waals surface area contributed by atoms with Crippen LogP contribution in [-0.4, -0.2) is 20.8 Å². The Hall–Kier alpha value is -0.430. The Morgan fingerprint density at radius 3 is 3.06 bits per heavy atom. The maximum absolute atomic E-state index is 11.9. The average Bonchev–Trinajstić information content (AvgIpc) is 2.37. The first-order valence-corrected chi connectivity index (χ1v) is 7.59. The summed E-state index contributed by atoms with van der Waals surface area (Å²) < 4.78 is 8.15. The van der Waals surface area contributed by atoms with Crippen LogP contribution >= 0.6 is 22.6 Å². The lowest BCUT2D eigenvalue weighted by Gasteiger charge is -2.23. The van der Waals surface area contributed by atoms with Crippen molar-refractivity contribution in [1.82, 2.24) is 9.78 Å². The van der Waals surface area contributed by atoms with E-state index in [2.05, 4.69) is 27.7 Å². The molecule has 1 aliphatic heterocycles. The molecule has 4 nitrogen and oxygen atoms in total. The lowest BCUT2D eigenvalue weighted by molar-refractivity contribution is -0.0425. The van der Waals surface area contributed by atoms with Crippen molar-refractivity contribution >= 4 is 22.6 Å². The van der Waals surface area contributed by atoms with Gasteiger partial charge in [0.15, 0.2) is 6.23 Å². The highest BCUT2D eigenvalue weighted by atomic mass is 127. The highest BCUT2D eigenvalue weighted by molar-refractivity contribution is 14.1. The molecule has 1 aromatic rings. The molecule has 1 fully saturated rings. The number of rotatable bonds is 4. The molecule has 2 heterocycles. The van der Waals surface area contributed by atoms with Gasteiger partial charge in [0, 0.05) is 12.7 Å². The largest absolute Gasteiger partial charge is 0.356 e. The molecule has 1 aromatic heterocycles. The zero-order valence-corrected chi connectivity index (χ0v) is 11.9. The van der Waals surface area contributed by atoms with Gasteiger partial charge in [-0.3, -0.25) is 4.79 Å². The molecule has 1 saturated heterocycles. The van der Waals surface area contributed by atoms with Gasteiger partial charge in [-0.2, -0.15) is 5.10 Å². The van der Waals surface area contributed by atoms with Crippen LogP contribution in [0.1, 0.15) is 37.5 Å². The first-order chi connectivity index (χ1) is 8.31. The van der Waals surface area contributed by atoms with Crippen LogP contribution in [0.4, 0.5) is 0 Å². The van der Waals surface area contributed by atoms with Crippen LogP contribution in [0.3, 0.4) is 0 Å². The fraction of sp³-hybridized carbons (Fsp3) is 0.667. The number of aryl methyl sites for hydroxylation is 1.